The van der Waals surface area contributed by atoms with Crippen LogP contribution in [-0.2, 0) is 0 Å². The molecule has 1 fully saturated rings. The zero-order chi connectivity index (χ0) is 9.97. The van der Waals surface area contributed by atoms with Gasteiger partial charge in [-0.15, -0.1) is 0 Å². The van der Waals surface area contributed by atoms with Crippen molar-refractivity contribution in [1.29, 1.82) is 0 Å². The van der Waals surface area contributed by atoms with E-state index < -0.39 is 0 Å². The van der Waals surface area contributed by atoms with E-state index in [1.165, 1.54) is 12.8 Å². The molecule has 1 unspecified atom stereocenters. The Hall–Kier alpha value is -0.610. The van der Waals surface area contributed by atoms with Crippen molar-refractivity contribution < 1.29 is 0 Å². The van der Waals surface area contributed by atoms with Crippen LogP contribution in [0.3, 0.4) is 0 Å². The van der Waals surface area contributed by atoms with Crippen LogP contribution in [0, 0.1) is 5.92 Å². The average molecular weight is 256 g/mol. The van der Waals surface area contributed by atoms with E-state index in [-0.39, 0.29) is 0 Å². The zero-order valence-corrected chi connectivity index (χ0v) is 9.50. The molecule has 1 saturated carbocycles. The van der Waals surface area contributed by atoms with Crippen molar-refractivity contribution in [2.75, 3.05) is 11.9 Å². The quantitative estimate of drug-likeness (QED) is 0.866. The Labute approximate surface area is 92.2 Å². The number of hydrogen-bond donors (Lipinski definition) is 2. The van der Waals surface area contributed by atoms with Crippen LogP contribution in [0.1, 0.15) is 12.8 Å². The van der Waals surface area contributed by atoms with E-state index in [9.17, 15) is 0 Å². The summed E-state index contributed by atoms with van der Waals surface area (Å²) in [5.41, 5.74) is 5.69. The molecule has 1 aromatic rings. The molecule has 4 heteroatoms. The number of aromatic nitrogens is 1. The second-order valence-electron chi connectivity index (χ2n) is 3.69. The highest BCUT2D eigenvalue weighted by Gasteiger charge is 2.30. The van der Waals surface area contributed by atoms with Gasteiger partial charge in [-0.3, -0.25) is 0 Å². The van der Waals surface area contributed by atoms with Gasteiger partial charge < -0.3 is 11.1 Å². The van der Waals surface area contributed by atoms with Crippen molar-refractivity contribution in [2.45, 2.75) is 18.9 Å². The van der Waals surface area contributed by atoms with Crippen molar-refractivity contribution in [3.63, 3.8) is 0 Å². The molecule has 0 saturated heterocycles. The summed E-state index contributed by atoms with van der Waals surface area (Å²) >= 11 is 3.36. The fourth-order valence-corrected chi connectivity index (χ4v) is 1.75. The third-order valence-corrected chi connectivity index (χ3v) is 2.97. The predicted octanol–water partition coefficient (Wildman–Crippen LogP) is 1.99. The number of rotatable bonds is 4. The Morgan fingerprint density at radius 1 is 1.57 bits per heavy atom. The van der Waals surface area contributed by atoms with Gasteiger partial charge in [-0.2, -0.15) is 0 Å². The van der Waals surface area contributed by atoms with Gasteiger partial charge in [0.2, 0.25) is 0 Å². The highest BCUT2D eigenvalue weighted by Crippen LogP contribution is 2.33. The smallest absolute Gasteiger partial charge is 0.126 e. The van der Waals surface area contributed by atoms with E-state index in [0.29, 0.717) is 12.6 Å². The van der Waals surface area contributed by atoms with Crippen LogP contribution in [0.25, 0.3) is 0 Å². The molecule has 14 heavy (non-hydrogen) atoms. The maximum absolute atomic E-state index is 5.69. The van der Waals surface area contributed by atoms with Gasteiger partial charge in [-0.1, -0.05) is 0 Å². The van der Waals surface area contributed by atoms with Crippen molar-refractivity contribution in [1.82, 2.24) is 4.98 Å². The number of hydrogen-bond acceptors (Lipinski definition) is 3. The molecule has 1 aromatic heterocycles. The molecule has 0 aliphatic heterocycles. The predicted molar refractivity (Wildman–Crippen MR) is 61.1 cm³/mol. The van der Waals surface area contributed by atoms with Gasteiger partial charge >= 0.3 is 0 Å². The average Bonchev–Trinajstić information content (AvgIpc) is 3.01. The molecule has 0 amide bonds. The first-order valence-corrected chi connectivity index (χ1v) is 5.67. The van der Waals surface area contributed by atoms with Crippen LogP contribution in [0.5, 0.6) is 0 Å². The number of nitrogens with one attached hydrogen (secondary N) is 1. The standard InChI is InChI=1S/C10H14BrN3/c11-8-3-4-10(13-6-8)14-9(5-12)7-1-2-7/h3-4,6-7,9H,1-2,5,12H2,(H,13,14). The molecule has 3 nitrogen and oxygen atoms in total. The lowest BCUT2D eigenvalue weighted by molar-refractivity contribution is 0.642. The number of nitrogens with zero attached hydrogens (tertiary/aromatic N) is 1. The highest BCUT2D eigenvalue weighted by molar-refractivity contribution is 9.10. The third-order valence-electron chi connectivity index (χ3n) is 2.51. The summed E-state index contributed by atoms with van der Waals surface area (Å²) in [6, 6.07) is 4.34. The van der Waals surface area contributed by atoms with Crippen LogP contribution in [-0.4, -0.2) is 17.6 Å². The Morgan fingerprint density at radius 3 is 2.86 bits per heavy atom. The summed E-state index contributed by atoms with van der Waals surface area (Å²) in [5.74, 6) is 1.67. The normalized spacial score (nSPS) is 17.9. The summed E-state index contributed by atoms with van der Waals surface area (Å²) in [4.78, 5) is 4.26. The van der Waals surface area contributed by atoms with E-state index >= 15 is 0 Å². The Bertz CT molecular complexity index is 295. The number of halogens is 1. The molecule has 0 bridgehead atoms. The van der Waals surface area contributed by atoms with E-state index in [2.05, 4.69) is 26.2 Å². The van der Waals surface area contributed by atoms with E-state index in [1.54, 1.807) is 6.20 Å². The fourth-order valence-electron chi connectivity index (χ4n) is 1.52. The first-order chi connectivity index (χ1) is 6.79. The molecule has 3 N–H and O–H groups in total. The highest BCUT2D eigenvalue weighted by atomic mass is 79.9. The number of anilines is 1. The molecule has 76 valence electrons. The molecular weight excluding hydrogens is 242 g/mol. The van der Waals surface area contributed by atoms with Crippen LogP contribution < -0.4 is 11.1 Å². The van der Waals surface area contributed by atoms with Gasteiger partial charge in [0.15, 0.2) is 0 Å². The molecule has 1 aliphatic rings. The topological polar surface area (TPSA) is 50.9 Å². The van der Waals surface area contributed by atoms with Crippen molar-refractivity contribution in [2.24, 2.45) is 11.7 Å². The van der Waals surface area contributed by atoms with E-state index in [4.69, 9.17) is 5.73 Å². The molecule has 1 heterocycles. The molecule has 0 radical (unpaired) electrons. The summed E-state index contributed by atoms with van der Waals surface area (Å²) in [6.07, 6.45) is 4.39. The summed E-state index contributed by atoms with van der Waals surface area (Å²) in [5, 5.41) is 3.36. The van der Waals surface area contributed by atoms with Crippen molar-refractivity contribution in [3.05, 3.63) is 22.8 Å². The lowest BCUT2D eigenvalue weighted by atomic mass is 10.2. The van der Waals surface area contributed by atoms with E-state index in [0.717, 1.165) is 16.2 Å². The van der Waals surface area contributed by atoms with Gasteiger partial charge in [-0.25, -0.2) is 4.98 Å². The maximum Gasteiger partial charge on any atom is 0.126 e. The summed E-state index contributed by atoms with van der Waals surface area (Å²) in [7, 11) is 0. The first-order valence-electron chi connectivity index (χ1n) is 4.88. The van der Waals surface area contributed by atoms with Gasteiger partial charge in [0, 0.05) is 23.3 Å². The van der Waals surface area contributed by atoms with Crippen LogP contribution >= 0.6 is 15.9 Å². The SMILES string of the molecule is NCC(Nc1ccc(Br)cn1)C1CC1. The molecule has 1 atom stereocenters. The molecule has 0 spiro atoms. The number of nitrogens with two attached hydrogens (primary N) is 1. The number of pyridine rings is 1. The van der Waals surface area contributed by atoms with Gasteiger partial charge in [0.05, 0.1) is 0 Å². The minimum Gasteiger partial charge on any atom is -0.366 e. The van der Waals surface area contributed by atoms with Crippen molar-refractivity contribution >= 4 is 21.7 Å². The van der Waals surface area contributed by atoms with Crippen LogP contribution in [0.2, 0.25) is 0 Å². The lowest BCUT2D eigenvalue weighted by Crippen LogP contribution is -2.31. The minimum absolute atomic E-state index is 0.392. The van der Waals surface area contributed by atoms with Gasteiger partial charge in [0.1, 0.15) is 5.82 Å². The first kappa shape index (κ1) is 9.93. The molecule has 1 aliphatic carbocycles. The molecule has 0 aromatic carbocycles. The Morgan fingerprint density at radius 2 is 2.36 bits per heavy atom. The van der Waals surface area contributed by atoms with Crippen LogP contribution in [0.15, 0.2) is 22.8 Å². The molecule has 2 rings (SSSR count). The zero-order valence-electron chi connectivity index (χ0n) is 7.91. The van der Waals surface area contributed by atoms with Crippen molar-refractivity contribution in [3.8, 4) is 0 Å². The van der Waals surface area contributed by atoms with E-state index in [1.807, 2.05) is 12.1 Å². The summed E-state index contributed by atoms with van der Waals surface area (Å²) in [6.45, 7) is 0.683. The fraction of sp³-hybridized carbons (Fsp3) is 0.500. The van der Waals surface area contributed by atoms with Crippen LogP contribution in [0.4, 0.5) is 5.82 Å². The maximum atomic E-state index is 5.69. The second-order valence-corrected chi connectivity index (χ2v) is 4.60. The third kappa shape index (κ3) is 2.45. The minimum atomic E-state index is 0.392. The van der Waals surface area contributed by atoms with Gasteiger partial charge in [0.25, 0.3) is 0 Å². The van der Waals surface area contributed by atoms with Gasteiger partial charge in [-0.05, 0) is 46.8 Å². The monoisotopic (exact) mass is 255 g/mol. The molecular formula is C10H14BrN3. The second kappa shape index (κ2) is 4.28. The largest absolute Gasteiger partial charge is 0.366 e. The Balaban J connectivity index is 1.98. The lowest BCUT2D eigenvalue weighted by Gasteiger charge is -2.16. The summed E-state index contributed by atoms with van der Waals surface area (Å²) < 4.78 is 0.999. The Kier molecular flexibility index (Phi) is 3.03.